The first-order valence-corrected chi connectivity index (χ1v) is 12.0. The second-order valence-corrected chi connectivity index (χ2v) is 8.93. The molecule has 11 heteroatoms. The predicted molar refractivity (Wildman–Crippen MR) is 128 cm³/mol. The van der Waals surface area contributed by atoms with E-state index in [-0.39, 0.29) is 29.2 Å². The quantitative estimate of drug-likeness (QED) is 0.416. The summed E-state index contributed by atoms with van der Waals surface area (Å²) < 4.78 is 18.5. The van der Waals surface area contributed by atoms with Crippen LogP contribution in [-0.4, -0.2) is 52.5 Å². The lowest BCUT2D eigenvalue weighted by molar-refractivity contribution is -0.127. The van der Waals surface area contributed by atoms with E-state index in [9.17, 15) is 18.8 Å². The SMILES string of the molecule is O=C(NCCCN1CCCC1=O)c1cccc(NC(=O)c2nnc(COc3ccc(F)cc3)s2)c1. The molecule has 9 nitrogen and oxygen atoms in total. The van der Waals surface area contributed by atoms with Gasteiger partial charge in [0.05, 0.1) is 0 Å². The number of amides is 3. The van der Waals surface area contributed by atoms with Crippen molar-refractivity contribution in [1.82, 2.24) is 20.4 Å². The van der Waals surface area contributed by atoms with E-state index in [1.54, 1.807) is 24.3 Å². The molecule has 1 fully saturated rings. The highest BCUT2D eigenvalue weighted by atomic mass is 32.1. The van der Waals surface area contributed by atoms with Crippen LogP contribution in [0.15, 0.2) is 48.5 Å². The topological polar surface area (TPSA) is 114 Å². The average Bonchev–Trinajstić information content (AvgIpc) is 3.50. The van der Waals surface area contributed by atoms with Crippen LogP contribution in [-0.2, 0) is 11.4 Å². The Kier molecular flexibility index (Phi) is 7.99. The van der Waals surface area contributed by atoms with Crippen molar-refractivity contribution in [3.63, 3.8) is 0 Å². The minimum absolute atomic E-state index is 0.0954. The summed E-state index contributed by atoms with van der Waals surface area (Å²) in [5.41, 5.74) is 0.857. The molecule has 35 heavy (non-hydrogen) atoms. The molecule has 2 heterocycles. The Morgan fingerprint density at radius 1 is 1.11 bits per heavy atom. The molecule has 0 bridgehead atoms. The average molecular weight is 498 g/mol. The number of nitrogens with zero attached hydrogens (tertiary/aromatic N) is 3. The number of benzene rings is 2. The standard InChI is InChI=1S/C24H24FN5O4S/c25-17-7-9-19(10-8-17)34-15-20-28-29-24(35-20)23(33)27-18-5-1-4-16(14-18)22(32)26-11-3-13-30-12-2-6-21(30)31/h1,4-5,7-10,14H,2-3,6,11-13,15H2,(H,26,32)(H,27,33). The number of hydrogen-bond donors (Lipinski definition) is 2. The lowest BCUT2D eigenvalue weighted by atomic mass is 10.2. The van der Waals surface area contributed by atoms with Crippen LogP contribution >= 0.6 is 11.3 Å². The van der Waals surface area contributed by atoms with Gasteiger partial charge in [-0.2, -0.15) is 0 Å². The van der Waals surface area contributed by atoms with Crippen LogP contribution in [0.2, 0.25) is 0 Å². The summed E-state index contributed by atoms with van der Waals surface area (Å²) in [5.74, 6) is -0.424. The Labute approximate surface area is 205 Å². The van der Waals surface area contributed by atoms with Gasteiger partial charge >= 0.3 is 0 Å². The Morgan fingerprint density at radius 2 is 1.94 bits per heavy atom. The van der Waals surface area contributed by atoms with Gasteiger partial charge in [-0.3, -0.25) is 14.4 Å². The van der Waals surface area contributed by atoms with E-state index in [2.05, 4.69) is 20.8 Å². The molecule has 3 aromatic rings. The molecule has 0 unspecified atom stereocenters. The highest BCUT2D eigenvalue weighted by molar-refractivity contribution is 7.13. The summed E-state index contributed by atoms with van der Waals surface area (Å²) >= 11 is 1.08. The highest BCUT2D eigenvalue weighted by Crippen LogP contribution is 2.18. The van der Waals surface area contributed by atoms with Crippen molar-refractivity contribution >= 4 is 34.7 Å². The van der Waals surface area contributed by atoms with Crippen LogP contribution in [0, 0.1) is 5.82 Å². The van der Waals surface area contributed by atoms with Crippen LogP contribution in [0.25, 0.3) is 0 Å². The van der Waals surface area contributed by atoms with Crippen LogP contribution in [0.5, 0.6) is 5.75 Å². The maximum absolute atomic E-state index is 13.0. The number of rotatable bonds is 10. The largest absolute Gasteiger partial charge is 0.486 e. The zero-order valence-corrected chi connectivity index (χ0v) is 19.6. The molecule has 0 spiro atoms. The Morgan fingerprint density at radius 3 is 2.71 bits per heavy atom. The summed E-state index contributed by atoms with van der Waals surface area (Å²) in [7, 11) is 0. The van der Waals surface area contributed by atoms with Crippen LogP contribution in [0.4, 0.5) is 10.1 Å². The van der Waals surface area contributed by atoms with Crippen molar-refractivity contribution in [3.8, 4) is 5.75 Å². The molecular weight excluding hydrogens is 473 g/mol. The fourth-order valence-corrected chi connectivity index (χ4v) is 4.16. The van der Waals surface area contributed by atoms with E-state index in [0.717, 1.165) is 24.3 Å². The van der Waals surface area contributed by atoms with Gasteiger partial charge in [0.2, 0.25) is 10.9 Å². The Hall–Kier alpha value is -3.86. The van der Waals surface area contributed by atoms with E-state index in [4.69, 9.17) is 4.74 Å². The molecule has 0 atom stereocenters. The summed E-state index contributed by atoms with van der Waals surface area (Å²) in [6.07, 6.45) is 2.18. The summed E-state index contributed by atoms with van der Waals surface area (Å²) in [6.45, 7) is 1.96. The minimum atomic E-state index is -0.455. The maximum atomic E-state index is 13.0. The lowest BCUT2D eigenvalue weighted by Gasteiger charge is -2.15. The molecule has 182 valence electrons. The molecule has 1 aliphatic rings. The van der Waals surface area contributed by atoms with Gasteiger partial charge in [-0.05, 0) is 55.3 Å². The molecule has 0 aliphatic carbocycles. The smallest absolute Gasteiger partial charge is 0.286 e. The van der Waals surface area contributed by atoms with Gasteiger partial charge in [-0.1, -0.05) is 17.4 Å². The Bertz CT molecular complexity index is 1200. The zero-order chi connectivity index (χ0) is 24.6. The molecule has 1 saturated heterocycles. The fraction of sp³-hybridized carbons (Fsp3) is 0.292. The third-order valence-corrected chi connectivity index (χ3v) is 6.18. The number of aromatic nitrogens is 2. The summed E-state index contributed by atoms with van der Waals surface area (Å²) in [4.78, 5) is 38.5. The zero-order valence-electron chi connectivity index (χ0n) is 18.8. The lowest BCUT2D eigenvalue weighted by Crippen LogP contribution is -2.30. The molecule has 2 N–H and O–H groups in total. The first-order valence-electron chi connectivity index (χ1n) is 11.2. The van der Waals surface area contributed by atoms with Gasteiger partial charge in [0, 0.05) is 37.3 Å². The van der Waals surface area contributed by atoms with Crippen LogP contribution in [0.3, 0.4) is 0 Å². The second-order valence-electron chi connectivity index (χ2n) is 7.87. The number of halogens is 1. The molecule has 2 aromatic carbocycles. The van der Waals surface area contributed by atoms with Crippen molar-refractivity contribution in [2.24, 2.45) is 0 Å². The molecular formula is C24H24FN5O4S. The Balaban J connectivity index is 1.25. The van der Waals surface area contributed by atoms with Crippen molar-refractivity contribution < 1.29 is 23.5 Å². The normalized spacial score (nSPS) is 13.1. The number of nitrogens with one attached hydrogen (secondary N) is 2. The van der Waals surface area contributed by atoms with Gasteiger partial charge in [0.1, 0.15) is 18.2 Å². The summed E-state index contributed by atoms with van der Waals surface area (Å²) in [5, 5.41) is 14.0. The number of likely N-dealkylation sites (tertiary alicyclic amines) is 1. The maximum Gasteiger partial charge on any atom is 0.286 e. The number of hydrogen-bond acceptors (Lipinski definition) is 7. The number of anilines is 1. The van der Waals surface area contributed by atoms with E-state index in [1.165, 1.54) is 24.3 Å². The first kappa shape index (κ1) is 24.3. The number of carbonyl (C=O) groups is 3. The third-order valence-electron chi connectivity index (χ3n) is 5.28. The molecule has 1 aromatic heterocycles. The van der Waals surface area contributed by atoms with Gasteiger partial charge in [0.25, 0.3) is 11.8 Å². The predicted octanol–water partition coefficient (Wildman–Crippen LogP) is 3.25. The second kappa shape index (κ2) is 11.5. The third kappa shape index (κ3) is 6.82. The molecule has 0 radical (unpaired) electrons. The van der Waals surface area contributed by atoms with Crippen LogP contribution in [0.1, 0.15) is 44.4 Å². The molecule has 4 rings (SSSR count). The van der Waals surface area contributed by atoms with E-state index >= 15 is 0 Å². The minimum Gasteiger partial charge on any atom is -0.486 e. The fourth-order valence-electron chi connectivity index (χ4n) is 3.52. The van der Waals surface area contributed by atoms with Gasteiger partial charge in [-0.25, -0.2) is 4.39 Å². The van der Waals surface area contributed by atoms with Crippen molar-refractivity contribution in [2.75, 3.05) is 25.0 Å². The van der Waals surface area contributed by atoms with Gasteiger partial charge < -0.3 is 20.3 Å². The number of carbonyl (C=O) groups excluding carboxylic acids is 3. The van der Waals surface area contributed by atoms with Crippen molar-refractivity contribution in [2.45, 2.75) is 25.9 Å². The van der Waals surface area contributed by atoms with Crippen molar-refractivity contribution in [1.29, 1.82) is 0 Å². The van der Waals surface area contributed by atoms with Gasteiger partial charge in [-0.15, -0.1) is 10.2 Å². The van der Waals surface area contributed by atoms with E-state index in [1.807, 2.05) is 4.90 Å². The number of ether oxygens (including phenoxy) is 1. The monoisotopic (exact) mass is 497 g/mol. The first-order chi connectivity index (χ1) is 17.0. The summed E-state index contributed by atoms with van der Waals surface area (Å²) in [6, 6.07) is 12.2. The van der Waals surface area contributed by atoms with Crippen LogP contribution < -0.4 is 15.4 Å². The molecule has 3 amide bonds. The molecule has 1 aliphatic heterocycles. The highest BCUT2D eigenvalue weighted by Gasteiger charge is 2.19. The van der Waals surface area contributed by atoms with E-state index < -0.39 is 5.91 Å². The van der Waals surface area contributed by atoms with Gasteiger partial charge in [0.15, 0.2) is 5.01 Å². The van der Waals surface area contributed by atoms with E-state index in [0.29, 0.717) is 47.9 Å². The van der Waals surface area contributed by atoms with Crippen molar-refractivity contribution in [3.05, 3.63) is 69.9 Å². The molecule has 0 saturated carbocycles.